The minimum atomic E-state index is -0.252. The summed E-state index contributed by atoms with van der Waals surface area (Å²) in [4.78, 5) is 10.9. The first-order valence-electron chi connectivity index (χ1n) is 5.37. The van der Waals surface area contributed by atoms with E-state index in [0.29, 0.717) is 6.61 Å². The number of hydrogen-bond acceptors (Lipinski definition) is 3. The summed E-state index contributed by atoms with van der Waals surface area (Å²) in [6.45, 7) is 4.09. The zero-order chi connectivity index (χ0) is 10.2. The number of ether oxygens (including phenoxy) is 1. The number of hydrogen-bond donors (Lipinski definition) is 1. The Hall–Kier alpha value is -0.830. The molecule has 0 aromatic rings. The minimum absolute atomic E-state index is 0.252. The molecule has 3 nitrogen and oxygen atoms in total. The van der Waals surface area contributed by atoms with E-state index in [2.05, 4.69) is 5.32 Å². The Morgan fingerprint density at radius 3 is 2.93 bits per heavy atom. The van der Waals surface area contributed by atoms with Crippen LogP contribution in [0.25, 0.3) is 0 Å². The Morgan fingerprint density at radius 1 is 1.57 bits per heavy atom. The molecule has 0 radical (unpaired) electrons. The van der Waals surface area contributed by atoms with E-state index >= 15 is 0 Å². The van der Waals surface area contributed by atoms with Crippen molar-refractivity contribution in [2.75, 3.05) is 19.7 Å². The number of carbonyl (C=O) groups excluding carboxylic acids is 1. The lowest BCUT2D eigenvalue weighted by Gasteiger charge is -2.25. The Balaban J connectivity index is 1.93. The van der Waals surface area contributed by atoms with Crippen LogP contribution in [0, 0.1) is 5.92 Å². The molecule has 14 heavy (non-hydrogen) atoms. The van der Waals surface area contributed by atoms with Crippen LogP contribution in [-0.2, 0) is 9.53 Å². The molecular formula is C11H19NO2. The predicted molar refractivity (Wildman–Crippen MR) is 56.0 cm³/mol. The standard InChI is InChI=1S/C11H19NO2/c1-2-14-11(13)7-4-8-12-9-10-5-3-6-10/h4,7,10,12H,2-3,5-6,8-9H2,1H3/b7-4+. The Morgan fingerprint density at radius 2 is 2.36 bits per heavy atom. The first-order chi connectivity index (χ1) is 6.83. The van der Waals surface area contributed by atoms with Crippen molar-refractivity contribution in [2.45, 2.75) is 26.2 Å². The highest BCUT2D eigenvalue weighted by Gasteiger charge is 2.15. The first-order valence-corrected chi connectivity index (χ1v) is 5.37. The molecule has 1 fully saturated rings. The molecule has 0 unspecified atom stereocenters. The summed E-state index contributed by atoms with van der Waals surface area (Å²) >= 11 is 0. The fourth-order valence-electron chi connectivity index (χ4n) is 1.41. The molecule has 0 aliphatic heterocycles. The van der Waals surface area contributed by atoms with Crippen LogP contribution in [0.4, 0.5) is 0 Å². The summed E-state index contributed by atoms with van der Waals surface area (Å²) in [5, 5.41) is 3.29. The zero-order valence-corrected chi connectivity index (χ0v) is 8.79. The van der Waals surface area contributed by atoms with E-state index in [4.69, 9.17) is 4.74 Å². The molecule has 1 aliphatic carbocycles. The van der Waals surface area contributed by atoms with E-state index < -0.39 is 0 Å². The first kappa shape index (κ1) is 11.2. The number of esters is 1. The summed E-state index contributed by atoms with van der Waals surface area (Å²) in [5.74, 6) is 0.615. The SMILES string of the molecule is CCOC(=O)/C=C/CNCC1CCC1. The highest BCUT2D eigenvalue weighted by Crippen LogP contribution is 2.24. The Labute approximate surface area is 85.5 Å². The van der Waals surface area contributed by atoms with Gasteiger partial charge in [0, 0.05) is 12.6 Å². The minimum Gasteiger partial charge on any atom is -0.463 e. The molecule has 0 saturated heterocycles. The summed E-state index contributed by atoms with van der Waals surface area (Å²) in [7, 11) is 0. The van der Waals surface area contributed by atoms with E-state index in [0.717, 1.165) is 19.0 Å². The Kier molecular flexibility index (Phi) is 5.30. The second-order valence-electron chi connectivity index (χ2n) is 3.61. The molecule has 0 heterocycles. The molecule has 1 saturated carbocycles. The van der Waals surface area contributed by atoms with Crippen molar-refractivity contribution < 1.29 is 9.53 Å². The van der Waals surface area contributed by atoms with E-state index in [-0.39, 0.29) is 5.97 Å². The Bertz CT molecular complexity index is 197. The second-order valence-corrected chi connectivity index (χ2v) is 3.61. The van der Waals surface area contributed by atoms with Crippen molar-refractivity contribution in [3.63, 3.8) is 0 Å². The van der Waals surface area contributed by atoms with Gasteiger partial charge in [0.1, 0.15) is 0 Å². The van der Waals surface area contributed by atoms with Gasteiger partial charge in [0.25, 0.3) is 0 Å². The van der Waals surface area contributed by atoms with Crippen LogP contribution in [0.2, 0.25) is 0 Å². The maximum absolute atomic E-state index is 10.9. The lowest BCUT2D eigenvalue weighted by atomic mass is 9.85. The number of rotatable bonds is 6. The molecule has 0 amide bonds. The van der Waals surface area contributed by atoms with Crippen LogP contribution in [0.1, 0.15) is 26.2 Å². The maximum atomic E-state index is 10.9. The van der Waals surface area contributed by atoms with Crippen molar-refractivity contribution in [1.29, 1.82) is 0 Å². The second kappa shape index (κ2) is 6.60. The molecule has 0 bridgehead atoms. The monoisotopic (exact) mass is 197 g/mol. The number of nitrogens with one attached hydrogen (secondary N) is 1. The summed E-state index contributed by atoms with van der Waals surface area (Å²) in [6.07, 6.45) is 7.39. The highest BCUT2D eigenvalue weighted by molar-refractivity contribution is 5.81. The van der Waals surface area contributed by atoms with Gasteiger partial charge in [-0.2, -0.15) is 0 Å². The average Bonchev–Trinajstić information content (AvgIpc) is 2.08. The van der Waals surface area contributed by atoms with Crippen molar-refractivity contribution in [2.24, 2.45) is 5.92 Å². The molecule has 1 N–H and O–H groups in total. The summed E-state index contributed by atoms with van der Waals surface area (Å²) in [5.41, 5.74) is 0. The lowest BCUT2D eigenvalue weighted by molar-refractivity contribution is -0.137. The molecule has 80 valence electrons. The van der Waals surface area contributed by atoms with Gasteiger partial charge in [-0.25, -0.2) is 4.79 Å². The van der Waals surface area contributed by atoms with Gasteiger partial charge in [-0.15, -0.1) is 0 Å². The van der Waals surface area contributed by atoms with Gasteiger partial charge in [0.05, 0.1) is 6.61 Å². The molecule has 0 aromatic heterocycles. The fourth-order valence-corrected chi connectivity index (χ4v) is 1.41. The molecular weight excluding hydrogens is 178 g/mol. The largest absolute Gasteiger partial charge is 0.463 e. The van der Waals surface area contributed by atoms with Crippen LogP contribution in [0.5, 0.6) is 0 Å². The molecule has 3 heteroatoms. The van der Waals surface area contributed by atoms with Gasteiger partial charge in [-0.3, -0.25) is 0 Å². The van der Waals surface area contributed by atoms with Gasteiger partial charge >= 0.3 is 5.97 Å². The summed E-state index contributed by atoms with van der Waals surface area (Å²) < 4.78 is 4.75. The molecule has 0 spiro atoms. The van der Waals surface area contributed by atoms with Crippen molar-refractivity contribution >= 4 is 5.97 Å². The van der Waals surface area contributed by atoms with Crippen LogP contribution in [0.3, 0.4) is 0 Å². The third-order valence-electron chi connectivity index (χ3n) is 2.46. The van der Waals surface area contributed by atoms with Crippen molar-refractivity contribution in [3.8, 4) is 0 Å². The smallest absolute Gasteiger partial charge is 0.330 e. The van der Waals surface area contributed by atoms with E-state index in [9.17, 15) is 4.79 Å². The van der Waals surface area contributed by atoms with Crippen LogP contribution < -0.4 is 5.32 Å². The van der Waals surface area contributed by atoms with E-state index in [1.165, 1.54) is 25.3 Å². The quantitative estimate of drug-likeness (QED) is 0.398. The average molecular weight is 197 g/mol. The van der Waals surface area contributed by atoms with Crippen molar-refractivity contribution in [3.05, 3.63) is 12.2 Å². The third-order valence-corrected chi connectivity index (χ3v) is 2.46. The molecule has 1 rings (SSSR count). The van der Waals surface area contributed by atoms with Crippen LogP contribution in [-0.4, -0.2) is 25.7 Å². The van der Waals surface area contributed by atoms with Crippen molar-refractivity contribution in [1.82, 2.24) is 5.32 Å². The van der Waals surface area contributed by atoms with Crippen LogP contribution in [0.15, 0.2) is 12.2 Å². The highest BCUT2D eigenvalue weighted by atomic mass is 16.5. The molecule has 0 atom stereocenters. The third kappa shape index (κ3) is 4.42. The topological polar surface area (TPSA) is 38.3 Å². The fraction of sp³-hybridized carbons (Fsp3) is 0.727. The van der Waals surface area contributed by atoms with Gasteiger partial charge in [0.2, 0.25) is 0 Å². The maximum Gasteiger partial charge on any atom is 0.330 e. The van der Waals surface area contributed by atoms with E-state index in [1.54, 1.807) is 6.92 Å². The van der Waals surface area contributed by atoms with Gasteiger partial charge in [-0.05, 0) is 32.2 Å². The lowest BCUT2D eigenvalue weighted by Crippen LogP contribution is -2.27. The van der Waals surface area contributed by atoms with Gasteiger partial charge < -0.3 is 10.1 Å². The van der Waals surface area contributed by atoms with Gasteiger partial charge in [-0.1, -0.05) is 12.5 Å². The predicted octanol–water partition coefficient (Wildman–Crippen LogP) is 1.50. The van der Waals surface area contributed by atoms with Crippen LogP contribution >= 0.6 is 0 Å². The molecule has 1 aliphatic rings. The normalized spacial score (nSPS) is 16.9. The van der Waals surface area contributed by atoms with Gasteiger partial charge in [0.15, 0.2) is 0 Å². The molecule has 0 aromatic carbocycles. The summed E-state index contributed by atoms with van der Waals surface area (Å²) in [6, 6.07) is 0. The number of carbonyl (C=O) groups is 1. The zero-order valence-electron chi connectivity index (χ0n) is 8.79. The van der Waals surface area contributed by atoms with E-state index in [1.807, 2.05) is 6.08 Å².